The van der Waals surface area contributed by atoms with E-state index in [0.717, 1.165) is 11.0 Å². The number of hydrogen-bond donors (Lipinski definition) is 0. The molecular weight excluding hydrogens is 302 g/mol. The van der Waals surface area contributed by atoms with E-state index in [1.165, 1.54) is 25.4 Å². The van der Waals surface area contributed by atoms with Crippen LogP contribution in [-0.4, -0.2) is 29.9 Å². The van der Waals surface area contributed by atoms with Crippen LogP contribution in [0.4, 0.5) is 0 Å². The lowest BCUT2D eigenvalue weighted by Gasteiger charge is -2.03. The summed E-state index contributed by atoms with van der Waals surface area (Å²) in [5, 5.41) is 0. The Morgan fingerprint density at radius 2 is 2.09 bits per heavy atom. The highest BCUT2D eigenvalue weighted by atomic mass is 32.1. The lowest BCUT2D eigenvalue weighted by atomic mass is 10.2. The van der Waals surface area contributed by atoms with E-state index >= 15 is 0 Å². The van der Waals surface area contributed by atoms with E-state index < -0.39 is 0 Å². The zero-order valence-electron chi connectivity index (χ0n) is 12.5. The quantitative estimate of drug-likeness (QED) is 0.545. The number of carbonyl (C=O) groups is 2. The van der Waals surface area contributed by atoms with Crippen molar-refractivity contribution in [2.75, 3.05) is 13.7 Å². The summed E-state index contributed by atoms with van der Waals surface area (Å²) in [5.41, 5.74) is 1.96. The number of esters is 1. The molecule has 0 spiro atoms. The van der Waals surface area contributed by atoms with Gasteiger partial charge in [0.05, 0.1) is 23.9 Å². The van der Waals surface area contributed by atoms with E-state index in [2.05, 4.69) is 0 Å². The highest BCUT2D eigenvalue weighted by molar-refractivity contribution is 7.21. The van der Waals surface area contributed by atoms with Crippen molar-refractivity contribution < 1.29 is 19.1 Å². The predicted molar refractivity (Wildman–Crippen MR) is 85.3 cm³/mol. The molecule has 0 unspecified atom stereocenters. The van der Waals surface area contributed by atoms with Crippen molar-refractivity contribution in [2.24, 2.45) is 0 Å². The van der Waals surface area contributed by atoms with Gasteiger partial charge < -0.3 is 13.9 Å². The summed E-state index contributed by atoms with van der Waals surface area (Å²) < 4.78 is 13.2. The molecule has 0 N–H and O–H groups in total. The second-order valence-electron chi connectivity index (χ2n) is 4.75. The summed E-state index contributed by atoms with van der Waals surface area (Å²) in [6.07, 6.45) is 1.85. The number of carbonyl (C=O) groups excluding carboxylic acids is 2. The maximum atomic E-state index is 12.4. The first-order chi connectivity index (χ1) is 10.6. The van der Waals surface area contributed by atoms with Crippen molar-refractivity contribution in [1.29, 1.82) is 0 Å². The Bertz CT molecular complexity index is 890. The molecule has 22 heavy (non-hydrogen) atoms. The second-order valence-corrected chi connectivity index (χ2v) is 5.77. The molecule has 0 aromatic carbocycles. The fourth-order valence-electron chi connectivity index (χ4n) is 2.58. The van der Waals surface area contributed by atoms with Gasteiger partial charge in [0.25, 0.3) is 0 Å². The number of pyridine rings is 1. The summed E-state index contributed by atoms with van der Waals surface area (Å²) in [6, 6.07) is 5.58. The van der Waals surface area contributed by atoms with E-state index in [0.29, 0.717) is 27.5 Å². The summed E-state index contributed by atoms with van der Waals surface area (Å²) in [6.45, 7) is 3.56. The summed E-state index contributed by atoms with van der Waals surface area (Å²) in [7, 11) is 1.53. The number of thiophene rings is 1. The molecule has 0 fully saturated rings. The Labute approximate surface area is 131 Å². The number of fused-ring (bicyclic) bond motifs is 3. The van der Waals surface area contributed by atoms with E-state index in [-0.39, 0.29) is 11.8 Å². The lowest BCUT2D eigenvalue weighted by molar-refractivity contribution is 0.0531. The largest absolute Gasteiger partial charge is 0.493 e. The molecule has 0 atom stereocenters. The van der Waals surface area contributed by atoms with Crippen LogP contribution in [0.25, 0.3) is 15.7 Å². The minimum Gasteiger partial charge on any atom is -0.493 e. The summed E-state index contributed by atoms with van der Waals surface area (Å²) in [5.74, 6) is 0.0296. The first kappa shape index (κ1) is 14.6. The molecule has 114 valence electrons. The van der Waals surface area contributed by atoms with Gasteiger partial charge in [0.2, 0.25) is 0 Å². The Kier molecular flexibility index (Phi) is 3.62. The van der Waals surface area contributed by atoms with Gasteiger partial charge in [-0.2, -0.15) is 0 Å². The lowest BCUT2D eigenvalue weighted by Crippen LogP contribution is -2.04. The van der Waals surface area contributed by atoms with Crippen molar-refractivity contribution in [2.45, 2.75) is 13.8 Å². The van der Waals surface area contributed by atoms with Gasteiger partial charge in [-0.05, 0) is 19.1 Å². The Balaban J connectivity index is 2.46. The van der Waals surface area contributed by atoms with Gasteiger partial charge in [-0.25, -0.2) is 4.79 Å². The topological polar surface area (TPSA) is 57.0 Å². The number of aromatic nitrogens is 1. The molecule has 0 aliphatic heterocycles. The number of Topliss-reactive ketones (excluding diaryl/α,β-unsaturated/α-hetero) is 1. The van der Waals surface area contributed by atoms with E-state index in [1.54, 1.807) is 6.92 Å². The Morgan fingerprint density at radius 1 is 1.32 bits per heavy atom. The van der Waals surface area contributed by atoms with Gasteiger partial charge in [0, 0.05) is 13.1 Å². The van der Waals surface area contributed by atoms with Gasteiger partial charge in [-0.3, -0.25) is 4.79 Å². The molecule has 0 saturated carbocycles. The van der Waals surface area contributed by atoms with Gasteiger partial charge in [-0.15, -0.1) is 11.3 Å². The van der Waals surface area contributed by atoms with Crippen LogP contribution in [0.1, 0.15) is 33.9 Å². The van der Waals surface area contributed by atoms with Crippen molar-refractivity contribution in [3.8, 4) is 5.75 Å². The van der Waals surface area contributed by atoms with Crippen molar-refractivity contribution in [3.63, 3.8) is 0 Å². The average Bonchev–Trinajstić information content (AvgIpc) is 3.01. The van der Waals surface area contributed by atoms with Crippen molar-refractivity contribution in [1.82, 2.24) is 4.40 Å². The van der Waals surface area contributed by atoms with Crippen LogP contribution in [0.15, 0.2) is 24.4 Å². The Hall–Kier alpha value is -2.34. The van der Waals surface area contributed by atoms with Gasteiger partial charge in [-0.1, -0.05) is 6.07 Å². The second kappa shape index (κ2) is 5.46. The third kappa shape index (κ3) is 1.99. The Morgan fingerprint density at radius 3 is 2.73 bits per heavy atom. The molecule has 0 aliphatic rings. The van der Waals surface area contributed by atoms with Gasteiger partial charge in [0.15, 0.2) is 11.5 Å². The first-order valence-electron chi connectivity index (χ1n) is 6.87. The molecule has 0 saturated heterocycles. The molecule has 3 heterocycles. The van der Waals surface area contributed by atoms with Crippen LogP contribution in [0, 0.1) is 0 Å². The number of rotatable bonds is 4. The van der Waals surface area contributed by atoms with Gasteiger partial charge >= 0.3 is 5.97 Å². The first-order valence-corrected chi connectivity index (χ1v) is 7.69. The fourth-order valence-corrected chi connectivity index (χ4v) is 3.77. The molecule has 3 aromatic rings. The standard InChI is InChI=1S/C16H15NO4S/c1-4-21-16(19)11-10-7-5-6-8-17(10)12-13(20-3)14(9(2)18)22-15(11)12/h5-8H,4H2,1-3H3. The van der Waals surface area contributed by atoms with Crippen LogP contribution in [0.5, 0.6) is 5.75 Å². The zero-order chi connectivity index (χ0) is 15.9. The number of hydrogen-bond acceptors (Lipinski definition) is 5. The molecule has 0 radical (unpaired) electrons. The van der Waals surface area contributed by atoms with E-state index in [4.69, 9.17) is 9.47 Å². The third-order valence-electron chi connectivity index (χ3n) is 3.43. The fraction of sp³-hybridized carbons (Fsp3) is 0.250. The molecular formula is C16H15NO4S. The number of ether oxygens (including phenoxy) is 2. The molecule has 5 nitrogen and oxygen atoms in total. The molecule has 6 heteroatoms. The van der Waals surface area contributed by atoms with E-state index in [9.17, 15) is 9.59 Å². The highest BCUT2D eigenvalue weighted by Crippen LogP contribution is 2.42. The van der Waals surface area contributed by atoms with Crippen LogP contribution >= 0.6 is 11.3 Å². The highest BCUT2D eigenvalue weighted by Gasteiger charge is 2.27. The average molecular weight is 317 g/mol. The minimum absolute atomic E-state index is 0.0856. The van der Waals surface area contributed by atoms with Gasteiger partial charge in [0.1, 0.15) is 16.0 Å². The van der Waals surface area contributed by atoms with E-state index in [1.807, 2.05) is 28.8 Å². The minimum atomic E-state index is -0.389. The molecule has 0 amide bonds. The monoisotopic (exact) mass is 317 g/mol. The van der Waals surface area contributed by atoms with Crippen LogP contribution in [-0.2, 0) is 4.74 Å². The van der Waals surface area contributed by atoms with Crippen LogP contribution < -0.4 is 4.74 Å². The summed E-state index contributed by atoms with van der Waals surface area (Å²) >= 11 is 1.27. The molecule has 0 aliphatic carbocycles. The maximum absolute atomic E-state index is 12.4. The molecule has 3 rings (SSSR count). The van der Waals surface area contributed by atoms with Crippen molar-refractivity contribution >= 4 is 38.8 Å². The third-order valence-corrected chi connectivity index (χ3v) is 4.71. The zero-order valence-corrected chi connectivity index (χ0v) is 13.3. The number of nitrogens with zero attached hydrogens (tertiary/aromatic N) is 1. The molecule has 0 bridgehead atoms. The maximum Gasteiger partial charge on any atom is 0.341 e. The van der Waals surface area contributed by atoms with Crippen LogP contribution in [0.3, 0.4) is 0 Å². The van der Waals surface area contributed by atoms with Crippen LogP contribution in [0.2, 0.25) is 0 Å². The normalized spacial score (nSPS) is 11.0. The smallest absolute Gasteiger partial charge is 0.341 e. The van der Waals surface area contributed by atoms with Crippen molar-refractivity contribution in [3.05, 3.63) is 34.8 Å². The summed E-state index contributed by atoms with van der Waals surface area (Å²) in [4.78, 5) is 24.7. The molecule has 3 aromatic heterocycles. The predicted octanol–water partition coefficient (Wildman–Crippen LogP) is 3.54. The number of ketones is 1. The number of methoxy groups -OCH3 is 1. The SMILES string of the molecule is CCOC(=O)c1c2sc(C(C)=O)c(OC)c2n2ccccc12.